The van der Waals surface area contributed by atoms with Gasteiger partial charge in [0, 0.05) is 5.56 Å². The van der Waals surface area contributed by atoms with Crippen molar-refractivity contribution in [1.82, 2.24) is 0 Å². The lowest BCUT2D eigenvalue weighted by Gasteiger charge is -2.20. The van der Waals surface area contributed by atoms with Crippen molar-refractivity contribution in [2.45, 2.75) is 19.3 Å². The molecule has 0 saturated heterocycles. The summed E-state index contributed by atoms with van der Waals surface area (Å²) in [6, 6.07) is 6.60. The molecule has 3 unspecified atom stereocenters. The number of fused-ring (bicyclic) bond motifs is 3. The molecule has 1 heteroatoms. The van der Waals surface area contributed by atoms with E-state index in [1.165, 1.54) is 24.8 Å². The highest BCUT2D eigenvalue weighted by Crippen LogP contribution is 2.45. The smallest absolute Gasteiger partial charge is 0.134 e. The van der Waals surface area contributed by atoms with Gasteiger partial charge in [-0.25, -0.2) is 0 Å². The largest absolute Gasteiger partial charge is 0.457 e. The summed E-state index contributed by atoms with van der Waals surface area (Å²) < 4.78 is 5.70. The molecule has 4 rings (SSSR count). The van der Waals surface area contributed by atoms with E-state index in [4.69, 9.17) is 4.74 Å². The molecule has 2 bridgehead atoms. The highest BCUT2D eigenvalue weighted by atomic mass is 16.5. The SMILES string of the molecule is C=C1C=Cc2ccc(CC3CC4C=CC3C4)cc2O1. The van der Waals surface area contributed by atoms with Gasteiger partial charge >= 0.3 is 0 Å². The Morgan fingerprint density at radius 1 is 1.16 bits per heavy atom. The summed E-state index contributed by atoms with van der Waals surface area (Å²) in [7, 11) is 0. The van der Waals surface area contributed by atoms with Gasteiger partial charge in [0.25, 0.3) is 0 Å². The molecule has 1 saturated carbocycles. The minimum absolute atomic E-state index is 0.729. The fraction of sp³-hybridized carbons (Fsp3) is 0.333. The molecule has 0 radical (unpaired) electrons. The Morgan fingerprint density at radius 2 is 2.11 bits per heavy atom. The Balaban J connectivity index is 1.56. The molecule has 0 aromatic heterocycles. The lowest BCUT2D eigenvalue weighted by Crippen LogP contribution is -2.10. The third-order valence-corrected chi connectivity index (χ3v) is 4.68. The number of ether oxygens (including phenoxy) is 1. The van der Waals surface area contributed by atoms with Crippen molar-refractivity contribution in [2.75, 3.05) is 0 Å². The summed E-state index contributed by atoms with van der Waals surface area (Å²) in [6.07, 6.45) is 12.8. The Bertz CT molecular complexity index is 594. The molecule has 1 aromatic rings. The average molecular weight is 250 g/mol. The Morgan fingerprint density at radius 3 is 2.89 bits per heavy atom. The van der Waals surface area contributed by atoms with E-state index in [1.807, 2.05) is 6.08 Å². The molecule has 0 amide bonds. The fourth-order valence-electron chi connectivity index (χ4n) is 3.72. The predicted molar refractivity (Wildman–Crippen MR) is 77.8 cm³/mol. The predicted octanol–water partition coefficient (Wildman–Crippen LogP) is 4.36. The van der Waals surface area contributed by atoms with Gasteiger partial charge in [0.05, 0.1) is 0 Å². The second kappa shape index (κ2) is 4.12. The number of rotatable bonds is 2. The van der Waals surface area contributed by atoms with E-state index in [9.17, 15) is 0 Å². The van der Waals surface area contributed by atoms with E-state index >= 15 is 0 Å². The van der Waals surface area contributed by atoms with Gasteiger partial charge in [0.15, 0.2) is 0 Å². The van der Waals surface area contributed by atoms with Crippen LogP contribution in [0.5, 0.6) is 5.75 Å². The number of benzene rings is 1. The Hall–Kier alpha value is -1.76. The van der Waals surface area contributed by atoms with Crippen LogP contribution < -0.4 is 4.74 Å². The van der Waals surface area contributed by atoms with Crippen molar-refractivity contribution in [1.29, 1.82) is 0 Å². The van der Waals surface area contributed by atoms with Crippen LogP contribution in [0.1, 0.15) is 24.0 Å². The molecular formula is C18H18O. The van der Waals surface area contributed by atoms with Crippen LogP contribution in [0.3, 0.4) is 0 Å². The summed E-state index contributed by atoms with van der Waals surface area (Å²) in [5, 5.41) is 0. The molecule has 1 heterocycles. The maximum atomic E-state index is 5.70. The topological polar surface area (TPSA) is 9.23 Å². The fourth-order valence-corrected chi connectivity index (χ4v) is 3.72. The molecule has 19 heavy (non-hydrogen) atoms. The molecule has 2 aliphatic carbocycles. The number of allylic oxidation sites excluding steroid dienone is 3. The van der Waals surface area contributed by atoms with Crippen LogP contribution in [0.2, 0.25) is 0 Å². The number of hydrogen-bond donors (Lipinski definition) is 0. The maximum absolute atomic E-state index is 5.70. The summed E-state index contributed by atoms with van der Waals surface area (Å²) in [5.74, 6) is 4.19. The van der Waals surface area contributed by atoms with Crippen molar-refractivity contribution in [3.8, 4) is 5.75 Å². The summed E-state index contributed by atoms with van der Waals surface area (Å²) in [4.78, 5) is 0. The molecule has 0 N–H and O–H groups in total. The maximum Gasteiger partial charge on any atom is 0.134 e. The van der Waals surface area contributed by atoms with Gasteiger partial charge in [-0.05, 0) is 60.8 Å². The highest BCUT2D eigenvalue weighted by Gasteiger charge is 2.35. The van der Waals surface area contributed by atoms with E-state index in [2.05, 4.69) is 43.0 Å². The first-order valence-corrected chi connectivity index (χ1v) is 7.14. The van der Waals surface area contributed by atoms with Crippen LogP contribution in [0.15, 0.2) is 48.8 Å². The molecule has 3 aliphatic rings. The second-order valence-electron chi connectivity index (χ2n) is 6.02. The molecule has 0 spiro atoms. The van der Waals surface area contributed by atoms with E-state index < -0.39 is 0 Å². The van der Waals surface area contributed by atoms with Crippen LogP contribution in [0.4, 0.5) is 0 Å². The van der Waals surface area contributed by atoms with E-state index in [0.717, 1.165) is 34.8 Å². The second-order valence-corrected chi connectivity index (χ2v) is 6.02. The van der Waals surface area contributed by atoms with Gasteiger partial charge in [-0.3, -0.25) is 0 Å². The first-order valence-electron chi connectivity index (χ1n) is 7.14. The highest BCUT2D eigenvalue weighted by molar-refractivity contribution is 5.63. The van der Waals surface area contributed by atoms with Crippen molar-refractivity contribution in [3.63, 3.8) is 0 Å². The summed E-state index contributed by atoms with van der Waals surface area (Å²) >= 11 is 0. The van der Waals surface area contributed by atoms with Gasteiger partial charge in [-0.2, -0.15) is 0 Å². The normalized spacial score (nSPS) is 30.5. The molecule has 1 nitrogen and oxygen atoms in total. The zero-order valence-electron chi connectivity index (χ0n) is 11.0. The zero-order valence-corrected chi connectivity index (χ0v) is 11.0. The first-order chi connectivity index (χ1) is 9.28. The van der Waals surface area contributed by atoms with Crippen LogP contribution >= 0.6 is 0 Å². The molecule has 96 valence electrons. The summed E-state index contributed by atoms with van der Waals surface area (Å²) in [6.45, 7) is 3.86. The molecule has 1 aliphatic heterocycles. The van der Waals surface area contributed by atoms with Gasteiger partial charge in [0.1, 0.15) is 11.5 Å². The Labute approximate surface area is 114 Å². The average Bonchev–Trinajstić information content (AvgIpc) is 3.00. The Kier molecular flexibility index (Phi) is 2.41. The van der Waals surface area contributed by atoms with E-state index in [1.54, 1.807) is 0 Å². The third-order valence-electron chi connectivity index (χ3n) is 4.68. The van der Waals surface area contributed by atoms with E-state index in [-0.39, 0.29) is 0 Å². The molecule has 1 aromatic carbocycles. The van der Waals surface area contributed by atoms with E-state index in [0.29, 0.717) is 0 Å². The van der Waals surface area contributed by atoms with Crippen LogP contribution in [0, 0.1) is 17.8 Å². The van der Waals surface area contributed by atoms with Gasteiger partial charge in [-0.1, -0.05) is 30.9 Å². The van der Waals surface area contributed by atoms with Gasteiger partial charge < -0.3 is 4.74 Å². The third kappa shape index (κ3) is 1.94. The quantitative estimate of drug-likeness (QED) is 0.709. The molecule has 3 atom stereocenters. The van der Waals surface area contributed by atoms with Crippen molar-refractivity contribution in [3.05, 3.63) is 59.9 Å². The first kappa shape index (κ1) is 11.1. The lowest BCUT2D eigenvalue weighted by atomic mass is 9.87. The standard InChI is InChI=1S/C18H18O/c1-12-2-5-15-6-3-14(11-18(15)19-12)10-17-9-13-4-7-16(17)8-13/h2-7,11,13,16-17H,1,8-10H2. The minimum Gasteiger partial charge on any atom is -0.457 e. The number of hydrogen-bond acceptors (Lipinski definition) is 1. The molecule has 1 fully saturated rings. The summed E-state index contributed by atoms with van der Waals surface area (Å²) in [5.41, 5.74) is 2.55. The van der Waals surface area contributed by atoms with Crippen molar-refractivity contribution >= 4 is 6.08 Å². The van der Waals surface area contributed by atoms with Crippen LogP contribution in [-0.4, -0.2) is 0 Å². The van der Waals surface area contributed by atoms with Gasteiger partial charge in [0.2, 0.25) is 0 Å². The van der Waals surface area contributed by atoms with Crippen molar-refractivity contribution < 1.29 is 4.74 Å². The molecular weight excluding hydrogens is 232 g/mol. The van der Waals surface area contributed by atoms with Crippen LogP contribution in [0.25, 0.3) is 6.08 Å². The minimum atomic E-state index is 0.729. The zero-order chi connectivity index (χ0) is 12.8. The van der Waals surface area contributed by atoms with Crippen molar-refractivity contribution in [2.24, 2.45) is 17.8 Å². The lowest BCUT2D eigenvalue weighted by molar-refractivity contribution is 0.433. The van der Waals surface area contributed by atoms with Crippen LogP contribution in [-0.2, 0) is 6.42 Å². The monoisotopic (exact) mass is 250 g/mol. The van der Waals surface area contributed by atoms with Gasteiger partial charge in [-0.15, -0.1) is 0 Å².